The van der Waals surface area contributed by atoms with E-state index >= 15 is 0 Å². The molecule has 0 fully saturated rings. The highest BCUT2D eigenvalue weighted by atomic mass is 14.8. The van der Waals surface area contributed by atoms with Crippen LogP contribution in [0.3, 0.4) is 0 Å². The van der Waals surface area contributed by atoms with Crippen LogP contribution in [0.5, 0.6) is 0 Å². The van der Waals surface area contributed by atoms with Crippen LogP contribution in [0.15, 0.2) is 31.0 Å². The summed E-state index contributed by atoms with van der Waals surface area (Å²) in [5, 5.41) is 0. The van der Waals surface area contributed by atoms with Gasteiger partial charge in [-0.3, -0.25) is 4.98 Å². The maximum absolute atomic E-state index is 5.79. The minimum Gasteiger partial charge on any atom is -0.399 e. The van der Waals surface area contributed by atoms with Gasteiger partial charge in [0.25, 0.3) is 0 Å². The Balaban J connectivity index is 2.80. The Hall–Kier alpha value is -1.35. The summed E-state index contributed by atoms with van der Waals surface area (Å²) in [7, 11) is 0. The van der Waals surface area contributed by atoms with Crippen LogP contribution in [0.4, 0.5) is 5.69 Å². The molecule has 12 heavy (non-hydrogen) atoms. The molecule has 64 valence electrons. The van der Waals surface area contributed by atoms with E-state index in [1.807, 2.05) is 0 Å². The van der Waals surface area contributed by atoms with Crippen molar-refractivity contribution in [2.24, 2.45) is 5.73 Å². The molecule has 0 aliphatic heterocycles. The summed E-state index contributed by atoms with van der Waals surface area (Å²) < 4.78 is 0. The Morgan fingerprint density at radius 1 is 1.67 bits per heavy atom. The van der Waals surface area contributed by atoms with Crippen LogP contribution in [0.1, 0.15) is 18.2 Å². The maximum Gasteiger partial charge on any atom is 0.0594 e. The third-order valence-corrected chi connectivity index (χ3v) is 1.61. The molecule has 0 aromatic carbocycles. The second kappa shape index (κ2) is 3.88. The number of nitrogens with two attached hydrogens (primary N) is 2. The first-order valence-corrected chi connectivity index (χ1v) is 3.82. The van der Waals surface area contributed by atoms with Crippen LogP contribution in [0.2, 0.25) is 0 Å². The van der Waals surface area contributed by atoms with Crippen molar-refractivity contribution in [3.8, 4) is 0 Å². The molecule has 3 heteroatoms. The number of rotatable bonds is 3. The lowest BCUT2D eigenvalue weighted by Crippen LogP contribution is -2.11. The summed E-state index contributed by atoms with van der Waals surface area (Å²) in [4.78, 5) is 4.11. The summed E-state index contributed by atoms with van der Waals surface area (Å²) >= 11 is 0. The first-order chi connectivity index (χ1) is 5.74. The highest BCUT2D eigenvalue weighted by Gasteiger charge is 2.04. The Morgan fingerprint density at radius 3 is 3.00 bits per heavy atom. The number of hydrogen-bond acceptors (Lipinski definition) is 3. The molecule has 1 heterocycles. The van der Waals surface area contributed by atoms with Gasteiger partial charge < -0.3 is 11.5 Å². The first-order valence-electron chi connectivity index (χ1n) is 3.82. The van der Waals surface area contributed by atoms with E-state index < -0.39 is 0 Å². The smallest absolute Gasteiger partial charge is 0.0594 e. The Morgan fingerprint density at radius 2 is 2.42 bits per heavy atom. The molecule has 4 N–H and O–H groups in total. The van der Waals surface area contributed by atoms with Crippen molar-refractivity contribution in [1.29, 1.82) is 0 Å². The third kappa shape index (κ3) is 2.07. The zero-order chi connectivity index (χ0) is 8.97. The van der Waals surface area contributed by atoms with Crippen molar-refractivity contribution in [2.75, 3.05) is 5.73 Å². The van der Waals surface area contributed by atoms with Gasteiger partial charge in [-0.25, -0.2) is 0 Å². The second-order valence-corrected chi connectivity index (χ2v) is 2.64. The summed E-state index contributed by atoms with van der Waals surface area (Å²) in [6.45, 7) is 3.61. The average Bonchev–Trinajstić information content (AvgIpc) is 2.05. The number of nitrogens with zero attached hydrogens (tertiary/aromatic N) is 1. The van der Waals surface area contributed by atoms with Gasteiger partial charge in [-0.05, 0) is 18.6 Å². The van der Waals surface area contributed by atoms with Crippen molar-refractivity contribution in [1.82, 2.24) is 4.98 Å². The van der Waals surface area contributed by atoms with Crippen LogP contribution >= 0.6 is 0 Å². The molecule has 1 rings (SSSR count). The lowest BCUT2D eigenvalue weighted by molar-refractivity contribution is 0.714. The van der Waals surface area contributed by atoms with Gasteiger partial charge in [-0.2, -0.15) is 0 Å². The van der Waals surface area contributed by atoms with Gasteiger partial charge in [0.2, 0.25) is 0 Å². The van der Waals surface area contributed by atoms with Gasteiger partial charge in [0.15, 0.2) is 0 Å². The topological polar surface area (TPSA) is 64.9 Å². The lowest BCUT2D eigenvalue weighted by atomic mass is 10.1. The molecule has 0 saturated heterocycles. The van der Waals surface area contributed by atoms with E-state index in [1.54, 1.807) is 24.4 Å². The SMILES string of the molecule is C=CCC(N)c1cc(N)ccn1. The van der Waals surface area contributed by atoms with E-state index in [2.05, 4.69) is 11.6 Å². The summed E-state index contributed by atoms with van der Waals surface area (Å²) in [5.41, 5.74) is 12.9. The lowest BCUT2D eigenvalue weighted by Gasteiger charge is -2.07. The maximum atomic E-state index is 5.79. The average molecular weight is 163 g/mol. The number of aromatic nitrogens is 1. The predicted octanol–water partition coefficient (Wildman–Crippen LogP) is 1.24. The molecule has 3 nitrogen and oxygen atoms in total. The van der Waals surface area contributed by atoms with Crippen LogP contribution < -0.4 is 11.5 Å². The molecular formula is C9H13N3. The van der Waals surface area contributed by atoms with E-state index in [1.165, 1.54) is 0 Å². The van der Waals surface area contributed by atoms with Gasteiger partial charge in [0, 0.05) is 11.9 Å². The third-order valence-electron chi connectivity index (χ3n) is 1.61. The molecule has 0 bridgehead atoms. The minimum absolute atomic E-state index is 0.0917. The zero-order valence-electron chi connectivity index (χ0n) is 6.90. The molecule has 1 unspecified atom stereocenters. The molecule has 0 spiro atoms. The zero-order valence-corrected chi connectivity index (χ0v) is 6.90. The Labute approximate surface area is 72.1 Å². The van der Waals surface area contributed by atoms with Crippen LogP contribution in [0.25, 0.3) is 0 Å². The van der Waals surface area contributed by atoms with E-state index in [0.29, 0.717) is 5.69 Å². The highest BCUT2D eigenvalue weighted by Crippen LogP contribution is 2.13. The van der Waals surface area contributed by atoms with Crippen LogP contribution in [-0.2, 0) is 0 Å². The van der Waals surface area contributed by atoms with Crippen molar-refractivity contribution >= 4 is 5.69 Å². The fraction of sp³-hybridized carbons (Fsp3) is 0.222. The number of anilines is 1. The number of nitrogen functional groups attached to an aromatic ring is 1. The quantitative estimate of drug-likeness (QED) is 0.659. The number of pyridine rings is 1. The molecule has 0 amide bonds. The second-order valence-electron chi connectivity index (χ2n) is 2.64. The van der Waals surface area contributed by atoms with Gasteiger partial charge in [0.1, 0.15) is 0 Å². The summed E-state index contributed by atoms with van der Waals surface area (Å²) in [5.74, 6) is 0. The first kappa shape index (κ1) is 8.74. The van der Waals surface area contributed by atoms with Crippen molar-refractivity contribution in [3.63, 3.8) is 0 Å². The van der Waals surface area contributed by atoms with E-state index in [4.69, 9.17) is 11.5 Å². The standard InChI is InChI=1S/C9H13N3/c1-2-3-8(11)9-6-7(10)4-5-12-9/h2,4-6,8H,1,3,11H2,(H2,10,12). The molecule has 0 radical (unpaired) electrons. The van der Waals surface area contributed by atoms with E-state index in [-0.39, 0.29) is 6.04 Å². The van der Waals surface area contributed by atoms with Gasteiger partial charge in [0.05, 0.1) is 11.7 Å². The van der Waals surface area contributed by atoms with E-state index in [0.717, 1.165) is 12.1 Å². The largest absolute Gasteiger partial charge is 0.399 e. The Kier molecular flexibility index (Phi) is 2.82. The number of hydrogen-bond donors (Lipinski definition) is 2. The predicted molar refractivity (Wildman–Crippen MR) is 50.4 cm³/mol. The van der Waals surface area contributed by atoms with Crippen LogP contribution in [0, 0.1) is 0 Å². The molecule has 0 saturated carbocycles. The molecule has 1 atom stereocenters. The van der Waals surface area contributed by atoms with Gasteiger partial charge in [-0.1, -0.05) is 6.08 Å². The molecular weight excluding hydrogens is 150 g/mol. The normalized spacial score (nSPS) is 12.4. The molecule has 0 aliphatic rings. The molecule has 1 aromatic rings. The van der Waals surface area contributed by atoms with Gasteiger partial charge >= 0.3 is 0 Å². The van der Waals surface area contributed by atoms with Crippen molar-refractivity contribution in [2.45, 2.75) is 12.5 Å². The van der Waals surface area contributed by atoms with Crippen molar-refractivity contribution in [3.05, 3.63) is 36.7 Å². The monoisotopic (exact) mass is 163 g/mol. The Bertz CT molecular complexity index is 270. The summed E-state index contributed by atoms with van der Waals surface area (Å²) in [6.07, 6.45) is 4.15. The minimum atomic E-state index is -0.0917. The molecule has 0 aliphatic carbocycles. The van der Waals surface area contributed by atoms with Crippen molar-refractivity contribution < 1.29 is 0 Å². The summed E-state index contributed by atoms with van der Waals surface area (Å²) in [6, 6.07) is 3.43. The van der Waals surface area contributed by atoms with E-state index in [9.17, 15) is 0 Å². The molecule has 1 aromatic heterocycles. The fourth-order valence-electron chi connectivity index (χ4n) is 0.969. The fourth-order valence-corrected chi connectivity index (χ4v) is 0.969. The van der Waals surface area contributed by atoms with Gasteiger partial charge in [-0.15, -0.1) is 6.58 Å². The van der Waals surface area contributed by atoms with Crippen LogP contribution in [-0.4, -0.2) is 4.98 Å². The highest BCUT2D eigenvalue weighted by molar-refractivity contribution is 5.38.